The number of halogens is 1. The molecule has 0 N–H and O–H groups in total. The van der Waals surface area contributed by atoms with E-state index >= 15 is 0 Å². The van der Waals surface area contributed by atoms with Crippen molar-refractivity contribution in [2.75, 3.05) is 51.3 Å². The predicted molar refractivity (Wildman–Crippen MR) is 131 cm³/mol. The standard InChI is InChI=1S/C27H34FN3O3/c1-3-34-26(32)30-13-9-21(10-14-30)29-15-11-27(12-16-29)19-31(22-5-4-6-23(18-22)33-2)25-8-7-20(28)17-24(25)27/h4-8,17-18,21H,3,9-16,19H2,1-2H3. The summed E-state index contributed by atoms with van der Waals surface area (Å²) in [5, 5.41) is 0. The molecule has 3 aliphatic rings. The van der Waals surface area contributed by atoms with E-state index in [2.05, 4.69) is 21.9 Å². The fourth-order valence-corrected chi connectivity index (χ4v) is 6.02. The molecule has 0 bridgehead atoms. The lowest BCUT2D eigenvalue weighted by Crippen LogP contribution is -2.52. The molecular formula is C27H34FN3O3. The first-order valence-corrected chi connectivity index (χ1v) is 12.4. The monoisotopic (exact) mass is 467 g/mol. The normalized spacial score (nSPS) is 20.4. The van der Waals surface area contributed by atoms with Crippen LogP contribution < -0.4 is 9.64 Å². The summed E-state index contributed by atoms with van der Waals surface area (Å²) in [5.41, 5.74) is 3.26. The van der Waals surface area contributed by atoms with Crippen molar-refractivity contribution in [3.63, 3.8) is 0 Å². The summed E-state index contributed by atoms with van der Waals surface area (Å²) in [4.78, 5) is 18.8. The molecule has 0 radical (unpaired) electrons. The van der Waals surface area contributed by atoms with Crippen molar-refractivity contribution in [2.45, 2.75) is 44.1 Å². The molecule has 3 aliphatic heterocycles. The van der Waals surface area contributed by atoms with Crippen molar-refractivity contribution in [1.29, 1.82) is 0 Å². The van der Waals surface area contributed by atoms with Gasteiger partial charge in [-0.25, -0.2) is 9.18 Å². The number of ether oxygens (including phenoxy) is 2. The molecule has 3 heterocycles. The molecule has 34 heavy (non-hydrogen) atoms. The summed E-state index contributed by atoms with van der Waals surface area (Å²) in [6.45, 7) is 6.61. The number of methoxy groups -OCH3 is 1. The smallest absolute Gasteiger partial charge is 0.409 e. The summed E-state index contributed by atoms with van der Waals surface area (Å²) in [6, 6.07) is 13.8. The van der Waals surface area contributed by atoms with Crippen molar-refractivity contribution >= 4 is 17.5 Å². The van der Waals surface area contributed by atoms with Crippen LogP contribution in [-0.4, -0.2) is 68.4 Å². The van der Waals surface area contributed by atoms with Gasteiger partial charge < -0.3 is 24.2 Å². The van der Waals surface area contributed by atoms with Crippen molar-refractivity contribution in [3.05, 3.63) is 53.8 Å². The van der Waals surface area contributed by atoms with E-state index in [1.54, 1.807) is 19.2 Å². The highest BCUT2D eigenvalue weighted by atomic mass is 19.1. The quantitative estimate of drug-likeness (QED) is 0.637. The van der Waals surface area contributed by atoms with Gasteiger partial charge in [-0.1, -0.05) is 6.07 Å². The molecule has 0 aromatic heterocycles. The molecule has 0 aliphatic carbocycles. The summed E-state index contributed by atoms with van der Waals surface area (Å²) in [5.74, 6) is 0.658. The van der Waals surface area contributed by atoms with Crippen LogP contribution in [0.25, 0.3) is 0 Å². The maximum Gasteiger partial charge on any atom is 0.409 e. The third-order valence-corrected chi connectivity index (χ3v) is 7.91. The fourth-order valence-electron chi connectivity index (χ4n) is 6.02. The number of rotatable bonds is 4. The first-order valence-electron chi connectivity index (χ1n) is 12.4. The topological polar surface area (TPSA) is 45.2 Å². The molecule has 2 fully saturated rings. The van der Waals surface area contributed by atoms with E-state index in [0.29, 0.717) is 12.6 Å². The Hall–Kier alpha value is -2.80. The zero-order chi connectivity index (χ0) is 23.7. The highest BCUT2D eigenvalue weighted by Crippen LogP contribution is 2.50. The molecule has 2 aromatic carbocycles. The van der Waals surface area contributed by atoms with Crippen LogP contribution in [0.4, 0.5) is 20.6 Å². The lowest BCUT2D eigenvalue weighted by molar-refractivity contribution is 0.0581. The van der Waals surface area contributed by atoms with Gasteiger partial charge in [0.25, 0.3) is 0 Å². The molecular weight excluding hydrogens is 433 g/mol. The van der Waals surface area contributed by atoms with Gasteiger partial charge >= 0.3 is 6.09 Å². The van der Waals surface area contributed by atoms with Crippen molar-refractivity contribution in [3.8, 4) is 5.75 Å². The Morgan fingerprint density at radius 1 is 1.09 bits per heavy atom. The van der Waals surface area contributed by atoms with E-state index in [0.717, 1.165) is 81.1 Å². The SMILES string of the molecule is CCOC(=O)N1CCC(N2CCC3(CC2)CN(c2cccc(OC)c2)c2ccc(F)cc23)CC1. The molecule has 0 atom stereocenters. The third-order valence-electron chi connectivity index (χ3n) is 7.91. The Labute approximate surface area is 201 Å². The van der Waals surface area contributed by atoms with Crippen LogP contribution in [0.3, 0.4) is 0 Å². The van der Waals surface area contributed by atoms with Gasteiger partial charge in [-0.05, 0) is 81.6 Å². The Kier molecular flexibility index (Phi) is 6.38. The summed E-state index contributed by atoms with van der Waals surface area (Å²) in [7, 11) is 1.68. The maximum absolute atomic E-state index is 14.4. The molecule has 182 valence electrons. The fraction of sp³-hybridized carbons (Fsp3) is 0.519. The predicted octanol–water partition coefficient (Wildman–Crippen LogP) is 4.94. The van der Waals surface area contributed by atoms with Crippen LogP contribution in [0.5, 0.6) is 5.75 Å². The first kappa shape index (κ1) is 23.0. The number of piperidine rings is 2. The molecule has 0 unspecified atom stereocenters. The molecule has 2 saturated heterocycles. The minimum absolute atomic E-state index is 0.0529. The molecule has 1 spiro atoms. The lowest BCUT2D eigenvalue weighted by atomic mass is 9.74. The second-order valence-electron chi connectivity index (χ2n) is 9.68. The molecule has 7 heteroatoms. The van der Waals surface area contributed by atoms with Crippen molar-refractivity contribution < 1.29 is 18.7 Å². The number of amides is 1. The van der Waals surface area contributed by atoms with Gasteiger partial charge in [0.1, 0.15) is 11.6 Å². The Bertz CT molecular complexity index is 1030. The van der Waals surface area contributed by atoms with E-state index in [9.17, 15) is 9.18 Å². The van der Waals surface area contributed by atoms with Crippen molar-refractivity contribution in [1.82, 2.24) is 9.80 Å². The van der Waals surface area contributed by atoms with Gasteiger partial charge in [-0.3, -0.25) is 0 Å². The minimum Gasteiger partial charge on any atom is -0.497 e. The highest BCUT2D eigenvalue weighted by Gasteiger charge is 2.46. The van der Waals surface area contributed by atoms with Crippen LogP contribution in [0.1, 0.15) is 38.2 Å². The first-order chi connectivity index (χ1) is 16.5. The molecule has 1 amide bonds. The van der Waals surface area contributed by atoms with Gasteiger partial charge in [-0.2, -0.15) is 0 Å². The number of anilines is 2. The molecule has 0 saturated carbocycles. The van der Waals surface area contributed by atoms with Crippen LogP contribution in [0, 0.1) is 5.82 Å². The number of nitrogens with zero attached hydrogens (tertiary/aromatic N) is 3. The zero-order valence-electron chi connectivity index (χ0n) is 20.1. The second kappa shape index (κ2) is 9.45. The number of fused-ring (bicyclic) bond motifs is 2. The van der Waals surface area contributed by atoms with E-state index in [-0.39, 0.29) is 17.3 Å². The average Bonchev–Trinajstić information content (AvgIpc) is 3.18. The van der Waals surface area contributed by atoms with Crippen LogP contribution in [0.2, 0.25) is 0 Å². The molecule has 5 rings (SSSR count). The minimum atomic E-state index is -0.194. The third kappa shape index (κ3) is 4.22. The zero-order valence-corrected chi connectivity index (χ0v) is 20.1. The Morgan fingerprint density at radius 2 is 1.85 bits per heavy atom. The highest BCUT2D eigenvalue weighted by molar-refractivity contribution is 5.73. The average molecular weight is 468 g/mol. The Balaban J connectivity index is 1.30. The molecule has 2 aromatic rings. The van der Waals surface area contributed by atoms with Crippen molar-refractivity contribution in [2.24, 2.45) is 0 Å². The van der Waals surface area contributed by atoms with Gasteiger partial charge in [0.2, 0.25) is 0 Å². The summed E-state index contributed by atoms with van der Waals surface area (Å²) >= 11 is 0. The number of likely N-dealkylation sites (tertiary alicyclic amines) is 2. The van der Waals surface area contributed by atoms with Gasteiger partial charge in [0.05, 0.1) is 13.7 Å². The van der Waals surface area contributed by atoms with Crippen LogP contribution in [-0.2, 0) is 10.2 Å². The second-order valence-corrected chi connectivity index (χ2v) is 9.68. The number of carbonyl (C=O) groups is 1. The number of hydrogen-bond acceptors (Lipinski definition) is 5. The lowest BCUT2D eigenvalue weighted by Gasteiger charge is -2.45. The number of hydrogen-bond donors (Lipinski definition) is 0. The van der Waals surface area contributed by atoms with Gasteiger partial charge in [-0.15, -0.1) is 0 Å². The van der Waals surface area contributed by atoms with Gasteiger partial charge in [0.15, 0.2) is 0 Å². The van der Waals surface area contributed by atoms with E-state index in [4.69, 9.17) is 9.47 Å². The van der Waals surface area contributed by atoms with E-state index in [1.807, 2.05) is 30.0 Å². The number of carbonyl (C=O) groups excluding carboxylic acids is 1. The largest absolute Gasteiger partial charge is 0.497 e. The van der Waals surface area contributed by atoms with Crippen LogP contribution in [0.15, 0.2) is 42.5 Å². The molecule has 6 nitrogen and oxygen atoms in total. The van der Waals surface area contributed by atoms with E-state index < -0.39 is 0 Å². The van der Waals surface area contributed by atoms with Crippen LogP contribution >= 0.6 is 0 Å². The van der Waals surface area contributed by atoms with E-state index in [1.165, 1.54) is 0 Å². The van der Waals surface area contributed by atoms with Gasteiger partial charge in [0, 0.05) is 48.5 Å². The Morgan fingerprint density at radius 3 is 2.56 bits per heavy atom. The summed E-state index contributed by atoms with van der Waals surface area (Å²) in [6.07, 6.45) is 3.77. The summed E-state index contributed by atoms with van der Waals surface area (Å²) < 4.78 is 25.0. The number of benzene rings is 2. The maximum atomic E-state index is 14.4.